The van der Waals surface area contributed by atoms with Crippen LogP contribution in [0.1, 0.15) is 34.6 Å². The smallest absolute Gasteiger partial charge is 0.287 e. The van der Waals surface area contributed by atoms with E-state index in [1.807, 2.05) is 55.5 Å². The van der Waals surface area contributed by atoms with E-state index in [0.717, 1.165) is 49.4 Å². The maximum Gasteiger partial charge on any atom is 0.287 e. The summed E-state index contributed by atoms with van der Waals surface area (Å²) in [6.45, 7) is 6.03. The zero-order valence-corrected chi connectivity index (χ0v) is 16.8. The number of carbonyl (C=O) groups excluding carboxylic acids is 1. The predicted octanol–water partition coefficient (Wildman–Crippen LogP) is 3.76. The van der Waals surface area contributed by atoms with Gasteiger partial charge in [-0.3, -0.25) is 9.69 Å². The molecule has 1 fully saturated rings. The lowest BCUT2D eigenvalue weighted by molar-refractivity contribution is 0.0343. The van der Waals surface area contributed by atoms with Crippen LogP contribution in [0, 0.1) is 0 Å². The minimum Gasteiger partial charge on any atom is -0.493 e. The van der Waals surface area contributed by atoms with Crippen LogP contribution < -0.4 is 10.1 Å². The molecule has 2 heterocycles. The van der Waals surface area contributed by atoms with E-state index in [-0.39, 0.29) is 17.7 Å². The first-order chi connectivity index (χ1) is 14.2. The van der Waals surface area contributed by atoms with Crippen molar-refractivity contribution < 1.29 is 18.7 Å². The number of benzene rings is 2. The highest BCUT2D eigenvalue weighted by Gasteiger charge is 2.20. The van der Waals surface area contributed by atoms with Gasteiger partial charge in [-0.05, 0) is 30.2 Å². The van der Waals surface area contributed by atoms with Crippen molar-refractivity contribution >= 4 is 16.9 Å². The first-order valence-corrected chi connectivity index (χ1v) is 9.91. The van der Waals surface area contributed by atoms with E-state index in [2.05, 4.69) is 10.2 Å². The van der Waals surface area contributed by atoms with E-state index in [1.54, 1.807) is 7.11 Å². The zero-order chi connectivity index (χ0) is 20.2. The van der Waals surface area contributed by atoms with Crippen LogP contribution in [0.15, 0.2) is 52.9 Å². The first kappa shape index (κ1) is 19.5. The van der Waals surface area contributed by atoms with E-state index in [9.17, 15) is 4.79 Å². The lowest BCUT2D eigenvalue weighted by atomic mass is 10.1. The van der Waals surface area contributed by atoms with Crippen molar-refractivity contribution in [1.82, 2.24) is 10.2 Å². The van der Waals surface area contributed by atoms with Crippen molar-refractivity contribution in [3.63, 3.8) is 0 Å². The van der Waals surface area contributed by atoms with Crippen LogP contribution in [0.4, 0.5) is 0 Å². The second-order valence-corrected chi connectivity index (χ2v) is 7.27. The Kier molecular flexibility index (Phi) is 5.83. The highest BCUT2D eigenvalue weighted by atomic mass is 16.5. The molecule has 1 N–H and O–H groups in total. The van der Waals surface area contributed by atoms with E-state index >= 15 is 0 Å². The van der Waals surface area contributed by atoms with Crippen LogP contribution in [0.25, 0.3) is 11.0 Å². The molecule has 1 aliphatic heterocycles. The van der Waals surface area contributed by atoms with Gasteiger partial charge in [0.25, 0.3) is 5.91 Å². The molecule has 1 saturated heterocycles. The quantitative estimate of drug-likeness (QED) is 0.690. The molecule has 0 radical (unpaired) electrons. The van der Waals surface area contributed by atoms with Crippen LogP contribution in [-0.2, 0) is 11.3 Å². The highest BCUT2D eigenvalue weighted by Crippen LogP contribution is 2.32. The van der Waals surface area contributed by atoms with Gasteiger partial charge in [0, 0.05) is 25.0 Å². The minimum absolute atomic E-state index is 0.119. The Hall–Kier alpha value is -2.83. The Morgan fingerprint density at radius 2 is 1.93 bits per heavy atom. The van der Waals surface area contributed by atoms with Gasteiger partial charge in [-0.15, -0.1) is 0 Å². The molecular formula is C23H26N2O4. The Labute approximate surface area is 170 Å². The Morgan fingerprint density at radius 3 is 2.66 bits per heavy atom. The van der Waals surface area contributed by atoms with Gasteiger partial charge in [0.05, 0.1) is 26.4 Å². The van der Waals surface area contributed by atoms with Gasteiger partial charge in [0.15, 0.2) is 17.1 Å². The molecule has 0 bridgehead atoms. The number of carbonyl (C=O) groups is 1. The van der Waals surface area contributed by atoms with Crippen molar-refractivity contribution in [2.45, 2.75) is 19.5 Å². The standard InChI is InChI=1S/C23H26N2O4/c1-16(17-6-4-3-5-7-17)24-23(26)21-14-19-18(15-25-10-12-28-13-11-25)8-9-20(27-2)22(19)29-21/h3-9,14,16H,10-13,15H2,1-2H3,(H,24,26). The number of nitrogens with zero attached hydrogens (tertiary/aromatic N) is 1. The van der Waals surface area contributed by atoms with E-state index < -0.39 is 0 Å². The number of fused-ring (bicyclic) bond motifs is 1. The summed E-state index contributed by atoms with van der Waals surface area (Å²) < 4.78 is 16.8. The molecule has 4 rings (SSSR count). The van der Waals surface area contributed by atoms with Crippen LogP contribution in [0.2, 0.25) is 0 Å². The summed E-state index contributed by atoms with van der Waals surface area (Å²) >= 11 is 0. The fourth-order valence-electron chi connectivity index (χ4n) is 3.66. The Bertz CT molecular complexity index is 977. The number of hydrogen-bond donors (Lipinski definition) is 1. The summed E-state index contributed by atoms with van der Waals surface area (Å²) in [6, 6.07) is 15.5. The Morgan fingerprint density at radius 1 is 1.17 bits per heavy atom. The third-order valence-electron chi connectivity index (χ3n) is 5.33. The maximum atomic E-state index is 12.8. The van der Waals surface area contributed by atoms with Gasteiger partial charge in [0.1, 0.15) is 0 Å². The van der Waals surface area contributed by atoms with Crippen LogP contribution in [-0.4, -0.2) is 44.2 Å². The third-order valence-corrected chi connectivity index (χ3v) is 5.33. The number of nitrogens with one attached hydrogen (secondary N) is 1. The van der Waals surface area contributed by atoms with Gasteiger partial charge in [-0.25, -0.2) is 0 Å². The fraction of sp³-hybridized carbons (Fsp3) is 0.348. The van der Waals surface area contributed by atoms with Crippen molar-refractivity contribution in [1.29, 1.82) is 0 Å². The SMILES string of the molecule is COc1ccc(CN2CCOCC2)c2cc(C(=O)NC(C)c3ccccc3)oc12. The fourth-order valence-corrected chi connectivity index (χ4v) is 3.66. The van der Waals surface area contributed by atoms with Crippen LogP contribution in [0.5, 0.6) is 5.75 Å². The Balaban J connectivity index is 1.59. The molecule has 6 nitrogen and oxygen atoms in total. The van der Waals surface area contributed by atoms with Gasteiger partial charge in [-0.1, -0.05) is 36.4 Å². The summed E-state index contributed by atoms with van der Waals surface area (Å²) in [6.07, 6.45) is 0. The number of hydrogen-bond acceptors (Lipinski definition) is 5. The van der Waals surface area contributed by atoms with E-state index in [4.69, 9.17) is 13.9 Å². The second-order valence-electron chi connectivity index (χ2n) is 7.27. The third kappa shape index (κ3) is 4.28. The lowest BCUT2D eigenvalue weighted by Gasteiger charge is -2.26. The second kappa shape index (κ2) is 8.68. The van der Waals surface area contributed by atoms with Crippen LogP contribution in [0.3, 0.4) is 0 Å². The first-order valence-electron chi connectivity index (χ1n) is 9.91. The molecule has 2 aromatic carbocycles. The average Bonchev–Trinajstić information content (AvgIpc) is 3.21. The topological polar surface area (TPSA) is 63.9 Å². The molecule has 1 aromatic heterocycles. The summed E-state index contributed by atoms with van der Waals surface area (Å²) in [5.74, 6) is 0.674. The molecule has 6 heteroatoms. The van der Waals surface area contributed by atoms with Gasteiger partial charge >= 0.3 is 0 Å². The highest BCUT2D eigenvalue weighted by molar-refractivity contribution is 5.98. The van der Waals surface area contributed by atoms with E-state index in [0.29, 0.717) is 11.3 Å². The molecule has 3 aromatic rings. The number of methoxy groups -OCH3 is 1. The molecule has 1 aliphatic rings. The number of ether oxygens (including phenoxy) is 2. The summed E-state index contributed by atoms with van der Waals surface area (Å²) in [5.41, 5.74) is 2.76. The van der Waals surface area contributed by atoms with Crippen molar-refractivity contribution in [3.8, 4) is 5.75 Å². The number of morpholine rings is 1. The minimum atomic E-state index is -0.239. The molecule has 29 heavy (non-hydrogen) atoms. The monoisotopic (exact) mass is 394 g/mol. The van der Waals surface area contributed by atoms with Gasteiger partial charge < -0.3 is 19.2 Å². The van der Waals surface area contributed by atoms with Crippen LogP contribution >= 0.6 is 0 Å². The summed E-state index contributed by atoms with van der Waals surface area (Å²) in [5, 5.41) is 3.92. The molecular weight excluding hydrogens is 368 g/mol. The van der Waals surface area contributed by atoms with Crippen molar-refractivity contribution in [3.05, 3.63) is 65.4 Å². The normalized spacial score (nSPS) is 15.9. The molecule has 1 unspecified atom stereocenters. The molecule has 0 saturated carbocycles. The molecule has 1 amide bonds. The molecule has 0 spiro atoms. The molecule has 152 valence electrons. The maximum absolute atomic E-state index is 12.8. The van der Waals surface area contributed by atoms with Crippen molar-refractivity contribution in [2.75, 3.05) is 33.4 Å². The zero-order valence-electron chi connectivity index (χ0n) is 16.8. The van der Waals surface area contributed by atoms with Gasteiger partial charge in [-0.2, -0.15) is 0 Å². The van der Waals surface area contributed by atoms with Gasteiger partial charge in [0.2, 0.25) is 0 Å². The van der Waals surface area contributed by atoms with Crippen molar-refractivity contribution in [2.24, 2.45) is 0 Å². The number of furan rings is 1. The molecule has 1 atom stereocenters. The summed E-state index contributed by atoms with van der Waals surface area (Å²) in [7, 11) is 1.61. The largest absolute Gasteiger partial charge is 0.493 e. The predicted molar refractivity (Wildman–Crippen MR) is 111 cm³/mol. The molecule has 0 aliphatic carbocycles. The van der Waals surface area contributed by atoms with E-state index in [1.165, 1.54) is 0 Å². The average molecular weight is 394 g/mol. The lowest BCUT2D eigenvalue weighted by Crippen LogP contribution is -2.35. The number of amides is 1. The number of rotatable bonds is 6. The summed E-state index contributed by atoms with van der Waals surface area (Å²) in [4.78, 5) is 15.2.